The summed E-state index contributed by atoms with van der Waals surface area (Å²) in [6.45, 7) is -3.81. The van der Waals surface area contributed by atoms with Crippen molar-refractivity contribution in [2.24, 2.45) is 0 Å². The van der Waals surface area contributed by atoms with Crippen molar-refractivity contribution in [3.63, 3.8) is 0 Å². The quantitative estimate of drug-likeness (QED) is 0.0331. The first-order valence-electron chi connectivity index (χ1n) is 37.3. The van der Waals surface area contributed by atoms with Gasteiger partial charge in [0.2, 0.25) is 17.7 Å². The summed E-state index contributed by atoms with van der Waals surface area (Å²) in [5.74, 6) is -2.91. The number of nitrogens with one attached hydrogen (secondary N) is 3. The molecule has 10 heterocycles. The predicted octanol–water partition coefficient (Wildman–Crippen LogP) is -19.7. The molecule has 0 aromatic heterocycles. The maximum Gasteiger partial charge on any atom is 0.217 e. The molecule has 10 saturated heterocycles. The van der Waals surface area contributed by atoms with Gasteiger partial charge in [-0.25, -0.2) is 0 Å². The zero-order chi connectivity index (χ0) is 85.2. The maximum atomic E-state index is 13.6. The summed E-state index contributed by atoms with van der Waals surface area (Å²) in [5, 5.41) is 297. The van der Waals surface area contributed by atoms with Gasteiger partial charge in [-0.2, -0.15) is 0 Å². The van der Waals surface area contributed by atoms with E-state index in [1.54, 1.807) is 0 Å². The van der Waals surface area contributed by atoms with E-state index < -0.39 is 371 Å². The molecule has 0 aromatic rings. The van der Waals surface area contributed by atoms with Crippen molar-refractivity contribution in [3.05, 3.63) is 0 Å². The fraction of sp³-hybridized carbons (Fsp3) is 0.954. The molecule has 10 aliphatic rings. The molecule has 10 fully saturated rings. The van der Waals surface area contributed by atoms with Crippen LogP contribution in [0.5, 0.6) is 0 Å². The van der Waals surface area contributed by atoms with Crippen molar-refractivity contribution in [2.45, 2.75) is 335 Å². The normalized spacial score (nSPS) is 51.0. The SMILES string of the molecule is CC(=O)N[C@H]1[C@H](O[C@H]2[C@H](O[C@@H]3O[C@@H](C)[C@@H](O)[C@@H](O)[C@@H]3O)[C@@H](NC(C)=O)C(O)O[C@@H]2CO)O[C@H](CO)[C@@H](O[C@@H]2O[C@H](CO[C@H]3O[C@H](CO)[C@@H](O)[C@H](O)[C@@H]3O)[C@@H](O)[C@H](O[C@H]3O[C@H](CO)[C@@H](O)[C@H](O)[C@@H]3O[C@@H]3O[C@H](CO)[C@@H](O[C@@H]4O[C@@H](C)[C@@H](O)[C@@H](O)[C@@H]4O)[C@H](O[C@H]4O[C@H](CO)[C@H](O)[C@H](O)[C@H]4O)[C@H]3NC(C)=O)[C@@H]2O[C@@H]2O[C@H](CO)[C@H](O)[C@H]2O)[C@@H]1O. The Morgan fingerprint density at radius 1 is 0.241 bits per heavy atom. The van der Waals surface area contributed by atoms with Gasteiger partial charge in [0, 0.05) is 20.8 Å². The Balaban J connectivity index is 1.06. The second-order valence-electron chi connectivity index (χ2n) is 29.7. The van der Waals surface area contributed by atoms with Gasteiger partial charge in [0.05, 0.1) is 65.1 Å². The van der Waals surface area contributed by atoms with E-state index in [1.165, 1.54) is 13.8 Å². The van der Waals surface area contributed by atoms with Crippen LogP contribution in [0, 0.1) is 0 Å². The Bertz CT molecular complexity index is 3080. The fourth-order valence-electron chi connectivity index (χ4n) is 15.2. The van der Waals surface area contributed by atoms with Crippen molar-refractivity contribution in [3.8, 4) is 0 Å². The molecule has 10 rings (SSSR count). The smallest absolute Gasteiger partial charge is 0.217 e. The number of ether oxygens (including phenoxy) is 19. The first kappa shape index (κ1) is 94.9. The number of rotatable bonds is 29. The number of hydrogen-bond donors (Lipinski definition) is 29. The molecule has 3 amide bonds. The number of aliphatic hydroxyl groups is 26. The van der Waals surface area contributed by atoms with Gasteiger partial charge in [0.1, 0.15) is 226 Å². The van der Waals surface area contributed by atoms with Gasteiger partial charge < -0.3 is 239 Å². The van der Waals surface area contributed by atoms with Crippen LogP contribution in [-0.4, -0.2) is 504 Å². The second kappa shape index (κ2) is 40.9. The third-order valence-electron chi connectivity index (χ3n) is 21.6. The van der Waals surface area contributed by atoms with Crippen molar-refractivity contribution >= 4 is 17.7 Å². The molecule has 49 atom stereocenters. The lowest BCUT2D eigenvalue weighted by Gasteiger charge is -2.52. The highest BCUT2D eigenvalue weighted by Gasteiger charge is 2.63. The van der Waals surface area contributed by atoms with Gasteiger partial charge in [0.15, 0.2) is 62.9 Å². The van der Waals surface area contributed by atoms with Crippen LogP contribution in [0.3, 0.4) is 0 Å². The van der Waals surface area contributed by atoms with Gasteiger partial charge in [-0.3, -0.25) is 14.4 Å². The molecule has 29 N–H and O–H groups in total. The van der Waals surface area contributed by atoms with E-state index in [9.17, 15) is 147 Å². The largest absolute Gasteiger partial charge is 0.394 e. The Kier molecular flexibility index (Phi) is 33.5. The first-order valence-corrected chi connectivity index (χ1v) is 37.3. The molecule has 116 heavy (non-hydrogen) atoms. The molecular formula is C65H109N3O48. The highest BCUT2D eigenvalue weighted by molar-refractivity contribution is 5.74. The lowest BCUT2D eigenvalue weighted by atomic mass is 9.93. The highest BCUT2D eigenvalue weighted by atomic mass is 16.8. The molecule has 0 aliphatic carbocycles. The van der Waals surface area contributed by atoms with E-state index in [0.29, 0.717) is 0 Å². The lowest BCUT2D eigenvalue weighted by Crippen LogP contribution is -2.72. The van der Waals surface area contributed by atoms with Gasteiger partial charge in [-0.1, -0.05) is 0 Å². The summed E-state index contributed by atoms with van der Waals surface area (Å²) in [5.41, 5.74) is 0. The zero-order valence-corrected chi connectivity index (χ0v) is 62.6. The standard InChI is InChI=1S/C65H109N3O48/c1-14-30(79)38(87)45(94)60(99-14)111-50-25(12-75)107-58(29(68-18(5)78)52(50)113-63-47(96)41(90)33(82)20(7-70)103-63)115-54-42(91)34(83)21(8-71)105-64(54)114-53-36(85)26(13-98-59-44(93)40(89)32(81)19(6-69)102-59)108-65(55(53)116-62-43(92)35(84)22(9-72)104-62)109-48-23(10-73)106-57(27(37(48)86)66-16(3)76)110-49-24(11-74)101-56(97)28(67-17(4)77)51(49)112-61-46(95)39(88)31(80)15(2)100-61/h14-15,19-65,69-75,79-97H,6-13H2,1-5H3,(H,66,76)(H,67,77)(H,68,78)/t14-,15-,19+,20+,21+,22+,23+,24+,25+,26+,27+,28+,29+,30+,31+,32+,33-,34+,35-,36+,37+,38+,39+,40-,41-,42-,43+,44-,45-,46-,47+,48+,49+,50+,51+,52+,53-,54-,55-,56?,57-,58-,59-,60-,61-,62-,63+,64+,65-/m0/s1. The molecule has 51 nitrogen and oxygen atoms in total. The highest BCUT2D eigenvalue weighted by Crippen LogP contribution is 2.42. The predicted molar refractivity (Wildman–Crippen MR) is 356 cm³/mol. The van der Waals surface area contributed by atoms with E-state index in [4.69, 9.17) is 90.0 Å². The molecule has 0 spiro atoms. The summed E-state index contributed by atoms with van der Waals surface area (Å²) in [6.07, 6.45) is -96.1. The van der Waals surface area contributed by atoms with Crippen LogP contribution in [0.1, 0.15) is 34.6 Å². The van der Waals surface area contributed by atoms with E-state index in [2.05, 4.69) is 16.0 Å². The second-order valence-corrected chi connectivity index (χ2v) is 29.7. The Morgan fingerprint density at radius 3 is 1.01 bits per heavy atom. The minimum absolute atomic E-state index is 0.862. The van der Waals surface area contributed by atoms with Crippen LogP contribution in [0.4, 0.5) is 0 Å². The van der Waals surface area contributed by atoms with Gasteiger partial charge in [-0.05, 0) is 13.8 Å². The van der Waals surface area contributed by atoms with Crippen LogP contribution in [0.2, 0.25) is 0 Å². The maximum absolute atomic E-state index is 13.6. The molecule has 0 aromatic carbocycles. The lowest BCUT2D eigenvalue weighted by molar-refractivity contribution is -0.410. The van der Waals surface area contributed by atoms with Crippen LogP contribution in [0.15, 0.2) is 0 Å². The summed E-state index contributed by atoms with van der Waals surface area (Å²) in [6, 6.07) is -5.93. The number of amides is 3. The van der Waals surface area contributed by atoms with Gasteiger partial charge in [0.25, 0.3) is 0 Å². The minimum atomic E-state index is -2.55. The summed E-state index contributed by atoms with van der Waals surface area (Å²) < 4.78 is 115. The van der Waals surface area contributed by atoms with E-state index >= 15 is 0 Å². The summed E-state index contributed by atoms with van der Waals surface area (Å²) in [7, 11) is 0. The molecule has 0 saturated carbocycles. The molecule has 1 unspecified atom stereocenters. The molecular weight excluding hydrogens is 1590 g/mol. The average Bonchev–Trinajstić information content (AvgIpc) is 1.00. The average molecular weight is 1700 g/mol. The fourth-order valence-corrected chi connectivity index (χ4v) is 15.2. The number of carbonyl (C=O) groups excluding carboxylic acids is 3. The van der Waals surface area contributed by atoms with Gasteiger partial charge >= 0.3 is 0 Å². The Labute approximate surface area is 657 Å². The molecule has 51 heteroatoms. The van der Waals surface area contributed by atoms with E-state index in [0.717, 1.165) is 20.8 Å². The molecule has 0 radical (unpaired) electrons. The van der Waals surface area contributed by atoms with Crippen LogP contribution >= 0.6 is 0 Å². The van der Waals surface area contributed by atoms with Crippen LogP contribution in [0.25, 0.3) is 0 Å². The number of hydrogen-bond acceptors (Lipinski definition) is 48. The minimum Gasteiger partial charge on any atom is -0.394 e. The molecule has 10 aliphatic heterocycles. The third-order valence-corrected chi connectivity index (χ3v) is 21.6. The van der Waals surface area contributed by atoms with Crippen molar-refractivity contribution in [2.75, 3.05) is 52.9 Å². The number of aliphatic hydroxyl groups excluding tert-OH is 26. The third kappa shape index (κ3) is 20.3. The van der Waals surface area contributed by atoms with Crippen molar-refractivity contribution in [1.29, 1.82) is 0 Å². The molecule has 0 bridgehead atoms. The van der Waals surface area contributed by atoms with Crippen LogP contribution < -0.4 is 16.0 Å². The monoisotopic (exact) mass is 1700 g/mol. The van der Waals surface area contributed by atoms with Crippen LogP contribution in [-0.2, 0) is 104 Å². The van der Waals surface area contributed by atoms with Crippen molar-refractivity contribution < 1.29 is 237 Å². The van der Waals surface area contributed by atoms with Crippen molar-refractivity contribution in [1.82, 2.24) is 16.0 Å². The van der Waals surface area contributed by atoms with E-state index in [-0.39, 0.29) is 0 Å². The van der Waals surface area contributed by atoms with E-state index in [1.807, 2.05) is 0 Å². The summed E-state index contributed by atoms with van der Waals surface area (Å²) >= 11 is 0. The zero-order valence-electron chi connectivity index (χ0n) is 62.6. The Hall–Kier alpha value is -3.39. The topological polar surface area (TPSA) is 789 Å². The number of carbonyl (C=O) groups is 3. The Morgan fingerprint density at radius 2 is 0.534 bits per heavy atom. The summed E-state index contributed by atoms with van der Waals surface area (Å²) in [4.78, 5) is 39.7. The first-order chi connectivity index (χ1) is 54.9. The molecule has 672 valence electrons. The van der Waals surface area contributed by atoms with Gasteiger partial charge in [-0.15, -0.1) is 0 Å².